The van der Waals surface area contributed by atoms with E-state index >= 15 is 0 Å². The first-order valence-corrected chi connectivity index (χ1v) is 8.90. The monoisotopic (exact) mass is 349 g/mol. The summed E-state index contributed by atoms with van der Waals surface area (Å²) in [5.74, 6) is 0.480. The Balaban J connectivity index is 2.40. The zero-order valence-electron chi connectivity index (χ0n) is 12.8. The second kappa shape index (κ2) is 7.03. The van der Waals surface area contributed by atoms with Gasteiger partial charge >= 0.3 is 10.1 Å². The fourth-order valence-electron chi connectivity index (χ4n) is 2.09. The second-order valence-electron chi connectivity index (χ2n) is 5.14. The molecule has 6 heteroatoms. The lowest BCUT2D eigenvalue weighted by atomic mass is 9.98. The van der Waals surface area contributed by atoms with Gasteiger partial charge in [-0.3, -0.25) is 0 Å². The largest absolute Gasteiger partial charge is 0.379 e. The summed E-state index contributed by atoms with van der Waals surface area (Å²) in [6, 6.07) is 12.8. The van der Waals surface area contributed by atoms with Gasteiger partial charge in [0.15, 0.2) is 0 Å². The van der Waals surface area contributed by atoms with Crippen LogP contribution in [-0.4, -0.2) is 8.42 Å². The first kappa shape index (κ1) is 17.3. The molecule has 0 aliphatic heterocycles. The lowest BCUT2D eigenvalue weighted by molar-refractivity contribution is 0.479. The van der Waals surface area contributed by atoms with Gasteiger partial charge in [0.2, 0.25) is 0 Å². The van der Waals surface area contributed by atoms with Gasteiger partial charge in [-0.1, -0.05) is 43.6 Å². The summed E-state index contributed by atoms with van der Waals surface area (Å²) in [5, 5.41) is 8.93. The minimum absolute atomic E-state index is 0.0763. The fourth-order valence-corrected chi connectivity index (χ4v) is 3.36. The molecule has 0 aromatic heterocycles. The van der Waals surface area contributed by atoms with E-state index in [1.54, 1.807) is 12.1 Å². The van der Waals surface area contributed by atoms with Crippen molar-refractivity contribution >= 4 is 21.7 Å². The maximum Gasteiger partial charge on any atom is 0.339 e. The molecule has 0 heterocycles. The number of hydrogen-bond donors (Lipinski definition) is 0. The summed E-state index contributed by atoms with van der Waals surface area (Å²) in [7, 11) is -4.02. The second-order valence-corrected chi connectivity index (χ2v) is 7.09. The Morgan fingerprint density at radius 2 is 1.96 bits per heavy atom. The molecule has 0 saturated carbocycles. The van der Waals surface area contributed by atoms with Gasteiger partial charge in [0, 0.05) is 0 Å². The smallest absolute Gasteiger partial charge is 0.339 e. The van der Waals surface area contributed by atoms with Crippen LogP contribution in [0.3, 0.4) is 0 Å². The van der Waals surface area contributed by atoms with Gasteiger partial charge in [-0.25, -0.2) is 0 Å². The van der Waals surface area contributed by atoms with E-state index in [1.165, 1.54) is 18.2 Å². The van der Waals surface area contributed by atoms with Crippen molar-refractivity contribution in [3.63, 3.8) is 0 Å². The van der Waals surface area contributed by atoms with E-state index in [4.69, 9.17) is 21.0 Å². The van der Waals surface area contributed by atoms with Crippen LogP contribution in [0.1, 0.15) is 37.3 Å². The third-order valence-corrected chi connectivity index (χ3v) is 5.15. The van der Waals surface area contributed by atoms with Crippen molar-refractivity contribution in [1.82, 2.24) is 0 Å². The van der Waals surface area contributed by atoms with Crippen LogP contribution in [-0.2, 0) is 10.1 Å². The molecule has 2 rings (SSSR count). The lowest BCUT2D eigenvalue weighted by Crippen LogP contribution is -2.11. The van der Waals surface area contributed by atoms with Crippen molar-refractivity contribution in [3.05, 3.63) is 58.6 Å². The van der Waals surface area contributed by atoms with E-state index in [0.717, 1.165) is 12.0 Å². The summed E-state index contributed by atoms with van der Waals surface area (Å²) >= 11 is 5.90. The summed E-state index contributed by atoms with van der Waals surface area (Å²) in [6.07, 6.45) is 0.864. The van der Waals surface area contributed by atoms with Gasteiger partial charge in [-0.2, -0.15) is 13.7 Å². The highest BCUT2D eigenvalue weighted by Crippen LogP contribution is 2.31. The topological polar surface area (TPSA) is 67.2 Å². The van der Waals surface area contributed by atoms with E-state index in [9.17, 15) is 8.42 Å². The van der Waals surface area contributed by atoms with Crippen molar-refractivity contribution in [2.24, 2.45) is 0 Å². The Hall–Kier alpha value is -2.03. The Bertz CT molecular complexity index is 856. The molecule has 0 aliphatic rings. The van der Waals surface area contributed by atoms with Crippen molar-refractivity contribution < 1.29 is 12.6 Å². The van der Waals surface area contributed by atoms with Crippen molar-refractivity contribution in [1.29, 1.82) is 5.26 Å². The number of nitriles is 1. The van der Waals surface area contributed by atoms with Crippen LogP contribution in [0, 0.1) is 11.3 Å². The number of benzene rings is 2. The van der Waals surface area contributed by atoms with E-state index < -0.39 is 10.1 Å². The quantitative estimate of drug-likeness (QED) is 0.746. The maximum atomic E-state index is 12.5. The molecule has 1 atom stereocenters. The van der Waals surface area contributed by atoms with Gasteiger partial charge in [0.1, 0.15) is 16.7 Å². The third kappa shape index (κ3) is 3.84. The molecule has 120 valence electrons. The van der Waals surface area contributed by atoms with Crippen molar-refractivity contribution in [2.75, 3.05) is 0 Å². The Kier molecular flexibility index (Phi) is 5.30. The van der Waals surface area contributed by atoms with Crippen LogP contribution in [0.2, 0.25) is 5.02 Å². The number of nitrogens with zero attached hydrogens (tertiary/aromatic N) is 1. The summed E-state index contributed by atoms with van der Waals surface area (Å²) < 4.78 is 30.2. The van der Waals surface area contributed by atoms with Crippen molar-refractivity contribution in [3.8, 4) is 11.8 Å². The highest BCUT2D eigenvalue weighted by molar-refractivity contribution is 7.87. The lowest BCUT2D eigenvalue weighted by Gasteiger charge is -2.15. The first-order chi connectivity index (χ1) is 10.9. The summed E-state index contributed by atoms with van der Waals surface area (Å²) in [4.78, 5) is -0.0829. The van der Waals surface area contributed by atoms with Gasteiger partial charge in [0.05, 0.1) is 10.6 Å². The highest BCUT2D eigenvalue weighted by Gasteiger charge is 2.21. The molecule has 0 amide bonds. The van der Waals surface area contributed by atoms with Crippen LogP contribution < -0.4 is 4.18 Å². The van der Waals surface area contributed by atoms with Crippen LogP contribution in [0.5, 0.6) is 5.75 Å². The Morgan fingerprint density at radius 3 is 2.57 bits per heavy atom. The zero-order valence-corrected chi connectivity index (χ0v) is 14.4. The van der Waals surface area contributed by atoms with E-state index in [1.807, 2.05) is 32.0 Å². The molecule has 23 heavy (non-hydrogen) atoms. The molecule has 0 bridgehead atoms. The van der Waals surface area contributed by atoms with Gasteiger partial charge in [0.25, 0.3) is 0 Å². The molecule has 4 nitrogen and oxygen atoms in total. The van der Waals surface area contributed by atoms with Crippen LogP contribution >= 0.6 is 11.6 Å². The summed E-state index contributed by atoms with van der Waals surface area (Å²) in [5.41, 5.74) is 1.05. The SMILES string of the molecule is CCC(C)c1ccccc1OS(=O)(=O)c1ccc(C#N)c(Cl)c1. The van der Waals surface area contributed by atoms with E-state index in [-0.39, 0.29) is 21.4 Å². The van der Waals surface area contributed by atoms with Gasteiger partial charge in [-0.15, -0.1) is 0 Å². The number of halogens is 1. The molecule has 1 unspecified atom stereocenters. The molecule has 2 aromatic carbocycles. The van der Waals surface area contributed by atoms with E-state index in [0.29, 0.717) is 5.75 Å². The zero-order chi connectivity index (χ0) is 17.0. The number of rotatable bonds is 5. The standard InChI is InChI=1S/C17H16ClNO3S/c1-3-12(2)15-6-4-5-7-17(15)22-23(20,21)14-9-8-13(11-19)16(18)10-14/h4-10,12H,3H2,1-2H3. The number of para-hydroxylation sites is 1. The normalized spacial score (nSPS) is 12.4. The first-order valence-electron chi connectivity index (χ1n) is 7.12. The molecule has 0 saturated heterocycles. The van der Waals surface area contributed by atoms with Crippen LogP contribution in [0.25, 0.3) is 0 Å². The molecule has 0 spiro atoms. The average molecular weight is 350 g/mol. The summed E-state index contributed by atoms with van der Waals surface area (Å²) in [6.45, 7) is 4.03. The molecule has 0 N–H and O–H groups in total. The maximum absolute atomic E-state index is 12.5. The van der Waals surface area contributed by atoms with Crippen LogP contribution in [0.4, 0.5) is 0 Å². The Labute approximate surface area is 141 Å². The van der Waals surface area contributed by atoms with Crippen molar-refractivity contribution in [2.45, 2.75) is 31.1 Å². The molecule has 2 aromatic rings. The predicted octanol–water partition coefficient (Wildman–Crippen LogP) is 4.49. The highest BCUT2D eigenvalue weighted by atomic mass is 35.5. The average Bonchev–Trinajstić information content (AvgIpc) is 2.54. The molecular formula is C17H16ClNO3S. The predicted molar refractivity (Wildman–Crippen MR) is 89.1 cm³/mol. The molecule has 0 radical (unpaired) electrons. The van der Waals surface area contributed by atoms with Gasteiger partial charge < -0.3 is 4.18 Å². The third-order valence-electron chi connectivity index (χ3n) is 3.61. The van der Waals surface area contributed by atoms with Gasteiger partial charge in [-0.05, 0) is 42.2 Å². The molecular weight excluding hydrogens is 334 g/mol. The molecule has 0 fully saturated rings. The number of hydrogen-bond acceptors (Lipinski definition) is 4. The van der Waals surface area contributed by atoms with E-state index in [2.05, 4.69) is 0 Å². The minimum atomic E-state index is -4.02. The Morgan fingerprint density at radius 1 is 1.26 bits per heavy atom. The van der Waals surface area contributed by atoms with Crippen LogP contribution in [0.15, 0.2) is 47.4 Å². The minimum Gasteiger partial charge on any atom is -0.379 e. The molecule has 0 aliphatic carbocycles. The fraction of sp³-hybridized carbons (Fsp3) is 0.235.